The standard InChI is InChI=1S/C14H23NO4/c1-2-10-19-11-6-7-12(16)15-14(13(17)18)8-4-3-5-9-14/h2H,1,3-11H2,(H,15,16)(H,17,18). The van der Waals surface area contributed by atoms with E-state index < -0.39 is 11.5 Å². The Balaban J connectivity index is 2.35. The minimum atomic E-state index is -1.04. The van der Waals surface area contributed by atoms with Crippen LogP contribution in [0.5, 0.6) is 0 Å². The Morgan fingerprint density at radius 3 is 2.58 bits per heavy atom. The number of carbonyl (C=O) groups excluding carboxylic acids is 1. The van der Waals surface area contributed by atoms with Crippen molar-refractivity contribution in [2.24, 2.45) is 0 Å². The fourth-order valence-electron chi connectivity index (χ4n) is 2.38. The largest absolute Gasteiger partial charge is 0.480 e. The monoisotopic (exact) mass is 269 g/mol. The highest BCUT2D eigenvalue weighted by atomic mass is 16.5. The van der Waals surface area contributed by atoms with Crippen molar-refractivity contribution in [2.45, 2.75) is 50.5 Å². The predicted octanol–water partition coefficient (Wildman–Crippen LogP) is 1.87. The van der Waals surface area contributed by atoms with Gasteiger partial charge in [0.1, 0.15) is 5.54 Å². The summed E-state index contributed by atoms with van der Waals surface area (Å²) in [5.74, 6) is -1.12. The van der Waals surface area contributed by atoms with Crippen molar-refractivity contribution in [3.05, 3.63) is 12.7 Å². The van der Waals surface area contributed by atoms with Crippen molar-refractivity contribution < 1.29 is 19.4 Å². The second kappa shape index (κ2) is 7.94. The first-order chi connectivity index (χ1) is 9.10. The zero-order valence-corrected chi connectivity index (χ0v) is 11.3. The van der Waals surface area contributed by atoms with Crippen LogP contribution in [0.25, 0.3) is 0 Å². The fourth-order valence-corrected chi connectivity index (χ4v) is 2.38. The predicted molar refractivity (Wildman–Crippen MR) is 71.8 cm³/mol. The van der Waals surface area contributed by atoms with E-state index in [1.54, 1.807) is 6.08 Å². The quantitative estimate of drug-likeness (QED) is 0.521. The first-order valence-corrected chi connectivity index (χ1v) is 6.84. The molecular weight excluding hydrogens is 246 g/mol. The molecule has 0 saturated heterocycles. The normalized spacial score (nSPS) is 17.7. The molecule has 0 heterocycles. The molecule has 5 nitrogen and oxygen atoms in total. The minimum absolute atomic E-state index is 0.202. The van der Waals surface area contributed by atoms with Crippen molar-refractivity contribution in [1.82, 2.24) is 5.32 Å². The highest BCUT2D eigenvalue weighted by Crippen LogP contribution is 2.28. The van der Waals surface area contributed by atoms with Crippen LogP contribution in [0.15, 0.2) is 12.7 Å². The molecule has 0 aromatic rings. The summed E-state index contributed by atoms with van der Waals surface area (Å²) in [6.45, 7) is 4.49. The summed E-state index contributed by atoms with van der Waals surface area (Å²) in [5.41, 5.74) is -1.04. The van der Waals surface area contributed by atoms with Crippen LogP contribution in [0.1, 0.15) is 44.9 Å². The topological polar surface area (TPSA) is 75.6 Å². The number of carboxylic acid groups (broad SMARTS) is 1. The Labute approximate surface area is 114 Å². The molecule has 0 aromatic heterocycles. The van der Waals surface area contributed by atoms with Crippen LogP contribution in [-0.2, 0) is 14.3 Å². The van der Waals surface area contributed by atoms with Gasteiger partial charge in [0.25, 0.3) is 0 Å². The second-order valence-corrected chi connectivity index (χ2v) is 4.96. The van der Waals surface area contributed by atoms with E-state index in [2.05, 4.69) is 11.9 Å². The molecule has 0 radical (unpaired) electrons. The molecule has 0 unspecified atom stereocenters. The molecule has 0 spiro atoms. The van der Waals surface area contributed by atoms with Crippen LogP contribution in [0.3, 0.4) is 0 Å². The van der Waals surface area contributed by atoms with E-state index in [1.165, 1.54) is 0 Å². The number of hydrogen-bond donors (Lipinski definition) is 2. The number of aliphatic carboxylic acids is 1. The molecule has 1 aliphatic rings. The highest BCUT2D eigenvalue weighted by Gasteiger charge is 2.40. The Hall–Kier alpha value is -1.36. The lowest BCUT2D eigenvalue weighted by molar-refractivity contribution is -0.149. The molecule has 1 amide bonds. The van der Waals surface area contributed by atoms with Gasteiger partial charge < -0.3 is 15.2 Å². The second-order valence-electron chi connectivity index (χ2n) is 4.96. The number of hydrogen-bond acceptors (Lipinski definition) is 3. The molecule has 1 aliphatic carbocycles. The van der Waals surface area contributed by atoms with Crippen molar-refractivity contribution in [3.63, 3.8) is 0 Å². The summed E-state index contributed by atoms with van der Waals surface area (Å²) in [6, 6.07) is 0. The maximum absolute atomic E-state index is 11.8. The van der Waals surface area contributed by atoms with Gasteiger partial charge in [0.05, 0.1) is 6.61 Å². The number of carboxylic acids is 1. The van der Waals surface area contributed by atoms with Crippen LogP contribution in [0, 0.1) is 0 Å². The summed E-state index contributed by atoms with van der Waals surface area (Å²) in [4.78, 5) is 23.2. The molecule has 0 aliphatic heterocycles. The summed E-state index contributed by atoms with van der Waals surface area (Å²) in [7, 11) is 0. The Bertz CT molecular complexity index is 321. The maximum atomic E-state index is 11.8. The summed E-state index contributed by atoms with van der Waals surface area (Å²) in [5, 5.41) is 12.0. The lowest BCUT2D eigenvalue weighted by Gasteiger charge is -2.34. The van der Waals surface area contributed by atoms with Crippen LogP contribution in [0.4, 0.5) is 0 Å². The van der Waals surface area contributed by atoms with Gasteiger partial charge in [0.15, 0.2) is 0 Å². The molecule has 2 N–H and O–H groups in total. The zero-order valence-electron chi connectivity index (χ0n) is 11.3. The van der Waals surface area contributed by atoms with E-state index in [0.29, 0.717) is 38.9 Å². The van der Waals surface area contributed by atoms with Crippen LogP contribution >= 0.6 is 0 Å². The molecule has 1 fully saturated rings. The summed E-state index contributed by atoms with van der Waals surface area (Å²) in [6.07, 6.45) is 6.36. The Morgan fingerprint density at radius 2 is 2.00 bits per heavy atom. The minimum Gasteiger partial charge on any atom is -0.480 e. The van der Waals surface area contributed by atoms with Gasteiger partial charge in [0, 0.05) is 13.0 Å². The van der Waals surface area contributed by atoms with Gasteiger partial charge in [-0.15, -0.1) is 6.58 Å². The average Bonchev–Trinajstić information content (AvgIpc) is 2.39. The summed E-state index contributed by atoms with van der Waals surface area (Å²) >= 11 is 0. The highest BCUT2D eigenvalue weighted by molar-refractivity contribution is 5.87. The van der Waals surface area contributed by atoms with E-state index in [4.69, 9.17) is 4.74 Å². The SMILES string of the molecule is C=CCOCCCC(=O)NC1(C(=O)O)CCCCC1. The van der Waals surface area contributed by atoms with E-state index in [1.807, 2.05) is 0 Å². The number of rotatable bonds is 8. The number of carbonyl (C=O) groups is 2. The van der Waals surface area contributed by atoms with E-state index in [0.717, 1.165) is 19.3 Å². The van der Waals surface area contributed by atoms with Crippen LogP contribution in [-0.4, -0.2) is 35.7 Å². The van der Waals surface area contributed by atoms with E-state index in [-0.39, 0.29) is 5.91 Å². The third-order valence-corrected chi connectivity index (χ3v) is 3.42. The Morgan fingerprint density at radius 1 is 1.32 bits per heavy atom. The molecule has 1 saturated carbocycles. The zero-order chi connectivity index (χ0) is 14.1. The van der Waals surface area contributed by atoms with Gasteiger partial charge in [-0.3, -0.25) is 4.79 Å². The first kappa shape index (κ1) is 15.7. The van der Waals surface area contributed by atoms with E-state index in [9.17, 15) is 14.7 Å². The lowest BCUT2D eigenvalue weighted by atomic mass is 9.81. The van der Waals surface area contributed by atoms with Gasteiger partial charge in [-0.05, 0) is 19.3 Å². The molecule has 1 rings (SSSR count). The molecule has 5 heteroatoms. The molecule has 0 atom stereocenters. The molecule has 19 heavy (non-hydrogen) atoms. The number of amides is 1. The van der Waals surface area contributed by atoms with Gasteiger partial charge in [-0.2, -0.15) is 0 Å². The third kappa shape index (κ3) is 5.03. The number of nitrogens with one attached hydrogen (secondary N) is 1. The maximum Gasteiger partial charge on any atom is 0.329 e. The van der Waals surface area contributed by atoms with Crippen molar-refractivity contribution in [3.8, 4) is 0 Å². The Kier molecular flexibility index (Phi) is 6.56. The first-order valence-electron chi connectivity index (χ1n) is 6.84. The van der Waals surface area contributed by atoms with Gasteiger partial charge in [-0.1, -0.05) is 25.3 Å². The molecular formula is C14H23NO4. The molecule has 0 bridgehead atoms. The third-order valence-electron chi connectivity index (χ3n) is 3.42. The van der Waals surface area contributed by atoms with Crippen LogP contribution in [0.2, 0.25) is 0 Å². The van der Waals surface area contributed by atoms with E-state index >= 15 is 0 Å². The average molecular weight is 269 g/mol. The lowest BCUT2D eigenvalue weighted by Crippen LogP contribution is -2.55. The van der Waals surface area contributed by atoms with Gasteiger partial charge in [0.2, 0.25) is 5.91 Å². The molecule has 0 aromatic carbocycles. The van der Waals surface area contributed by atoms with Crippen molar-refractivity contribution >= 4 is 11.9 Å². The number of ether oxygens (including phenoxy) is 1. The smallest absolute Gasteiger partial charge is 0.329 e. The van der Waals surface area contributed by atoms with Crippen molar-refractivity contribution in [2.75, 3.05) is 13.2 Å². The van der Waals surface area contributed by atoms with Crippen LogP contribution < -0.4 is 5.32 Å². The molecule has 108 valence electrons. The van der Waals surface area contributed by atoms with Gasteiger partial charge in [-0.25, -0.2) is 4.79 Å². The van der Waals surface area contributed by atoms with Gasteiger partial charge >= 0.3 is 5.97 Å². The van der Waals surface area contributed by atoms with Crippen molar-refractivity contribution in [1.29, 1.82) is 0 Å². The summed E-state index contributed by atoms with van der Waals surface area (Å²) < 4.78 is 5.18. The fraction of sp³-hybridized carbons (Fsp3) is 0.714.